The van der Waals surface area contributed by atoms with E-state index in [9.17, 15) is 5.26 Å². The van der Waals surface area contributed by atoms with Crippen molar-refractivity contribution in [1.82, 2.24) is 10.2 Å². The summed E-state index contributed by atoms with van der Waals surface area (Å²) in [5.74, 6) is 0. The van der Waals surface area contributed by atoms with Crippen molar-refractivity contribution in [1.29, 1.82) is 5.26 Å². The topological polar surface area (TPSA) is 48.3 Å². The molecule has 1 heterocycles. The third-order valence-electron chi connectivity index (χ3n) is 5.20. The van der Waals surface area contributed by atoms with Crippen LogP contribution in [0, 0.1) is 22.2 Å². The van der Waals surface area contributed by atoms with Crippen LogP contribution in [0.25, 0.3) is 0 Å². The van der Waals surface area contributed by atoms with E-state index in [0.29, 0.717) is 11.6 Å². The molecule has 28 heavy (non-hydrogen) atoms. The van der Waals surface area contributed by atoms with E-state index in [4.69, 9.17) is 16.0 Å². The smallest absolute Gasteiger partial charge is 0.171 e. The van der Waals surface area contributed by atoms with Crippen LogP contribution in [0.3, 0.4) is 0 Å². The molecule has 0 aliphatic carbocycles. The summed E-state index contributed by atoms with van der Waals surface area (Å²) in [5, 5.41) is 15.4. The predicted molar refractivity (Wildman–Crippen MR) is 122 cm³/mol. The van der Waals surface area contributed by atoms with Crippen molar-refractivity contribution >= 4 is 32.4 Å². The molecule has 0 fully saturated rings. The fourth-order valence-corrected chi connectivity index (χ4v) is 5.34. The molecule has 0 saturated heterocycles. The normalized spacial score (nSPS) is 20.5. The van der Waals surface area contributed by atoms with E-state index in [1.165, 1.54) is 0 Å². The molecule has 0 bridgehead atoms. The molecule has 1 atom stereocenters. The van der Waals surface area contributed by atoms with Crippen molar-refractivity contribution in [3.63, 3.8) is 0 Å². The first-order valence-electron chi connectivity index (χ1n) is 9.57. The SMILES string of the molecule is CN1C(Sc2cccc(Cl)c2)=C(C(C)(C)C#N)NC1(CO[SiH](C)C)C(C)(C)C. The summed E-state index contributed by atoms with van der Waals surface area (Å²) in [6, 6.07) is 10.3. The van der Waals surface area contributed by atoms with Crippen LogP contribution in [0.4, 0.5) is 0 Å². The minimum atomic E-state index is -1.21. The number of thioether (sulfide) groups is 1. The molecule has 0 aromatic heterocycles. The second kappa shape index (κ2) is 8.31. The second-order valence-corrected chi connectivity index (χ2v) is 13.1. The summed E-state index contributed by atoms with van der Waals surface area (Å²) in [4.78, 5) is 3.32. The fraction of sp³-hybridized carbons (Fsp3) is 0.571. The summed E-state index contributed by atoms with van der Waals surface area (Å²) < 4.78 is 6.23. The van der Waals surface area contributed by atoms with Gasteiger partial charge in [-0.25, -0.2) is 0 Å². The highest BCUT2D eigenvalue weighted by molar-refractivity contribution is 8.03. The van der Waals surface area contributed by atoms with Gasteiger partial charge in [-0.05, 0) is 45.1 Å². The first kappa shape index (κ1) is 23.1. The van der Waals surface area contributed by atoms with Gasteiger partial charge >= 0.3 is 0 Å². The molecule has 1 aromatic rings. The van der Waals surface area contributed by atoms with Crippen molar-refractivity contribution in [2.75, 3.05) is 13.7 Å². The summed E-state index contributed by atoms with van der Waals surface area (Å²) in [6.07, 6.45) is 0. The van der Waals surface area contributed by atoms with Gasteiger partial charge in [0, 0.05) is 22.4 Å². The lowest BCUT2D eigenvalue weighted by molar-refractivity contribution is -0.00893. The molecule has 0 spiro atoms. The Morgan fingerprint density at radius 1 is 1.29 bits per heavy atom. The van der Waals surface area contributed by atoms with Gasteiger partial charge in [0.1, 0.15) is 5.66 Å². The number of hydrogen-bond donors (Lipinski definition) is 1. The number of nitriles is 1. The lowest BCUT2D eigenvalue weighted by Gasteiger charge is -2.48. The summed E-state index contributed by atoms with van der Waals surface area (Å²) in [6.45, 7) is 15.5. The molecule has 1 N–H and O–H groups in total. The van der Waals surface area contributed by atoms with Crippen molar-refractivity contribution in [2.45, 2.75) is 58.3 Å². The van der Waals surface area contributed by atoms with Crippen LogP contribution in [0.1, 0.15) is 34.6 Å². The van der Waals surface area contributed by atoms with Gasteiger partial charge in [-0.2, -0.15) is 5.26 Å². The number of nitrogens with one attached hydrogen (secondary N) is 1. The Balaban J connectivity index is 2.55. The van der Waals surface area contributed by atoms with E-state index in [1.807, 2.05) is 38.1 Å². The van der Waals surface area contributed by atoms with E-state index in [-0.39, 0.29) is 5.41 Å². The molecular weight excluding hydrogens is 406 g/mol. The van der Waals surface area contributed by atoms with E-state index < -0.39 is 20.1 Å². The maximum Gasteiger partial charge on any atom is 0.171 e. The van der Waals surface area contributed by atoms with Gasteiger partial charge in [-0.1, -0.05) is 50.2 Å². The number of hydrogen-bond acceptors (Lipinski definition) is 5. The Hall–Kier alpha value is -1.13. The van der Waals surface area contributed by atoms with Crippen LogP contribution in [0.5, 0.6) is 0 Å². The van der Waals surface area contributed by atoms with Crippen molar-refractivity contribution in [3.8, 4) is 6.07 Å². The monoisotopic (exact) mass is 437 g/mol. The molecule has 0 amide bonds. The summed E-state index contributed by atoms with van der Waals surface area (Å²) >= 11 is 7.85. The van der Waals surface area contributed by atoms with E-state index in [1.54, 1.807) is 11.8 Å². The van der Waals surface area contributed by atoms with Crippen LogP contribution in [-0.2, 0) is 4.43 Å². The minimum Gasteiger partial charge on any atom is -0.416 e. The zero-order valence-corrected chi connectivity index (χ0v) is 20.9. The number of rotatable bonds is 6. The Morgan fingerprint density at radius 2 is 1.93 bits per heavy atom. The highest BCUT2D eigenvalue weighted by atomic mass is 35.5. The summed E-state index contributed by atoms with van der Waals surface area (Å²) in [7, 11) is 0.885. The molecule has 1 aliphatic heterocycles. The lowest BCUT2D eigenvalue weighted by atomic mass is 9.79. The highest BCUT2D eigenvalue weighted by Gasteiger charge is 2.54. The maximum absolute atomic E-state index is 9.86. The Morgan fingerprint density at radius 3 is 2.43 bits per heavy atom. The van der Waals surface area contributed by atoms with Crippen molar-refractivity contribution < 1.29 is 4.43 Å². The number of allylic oxidation sites excluding steroid dienone is 1. The molecular formula is C21H32ClN3OSSi. The average Bonchev–Trinajstić information content (AvgIpc) is 2.87. The molecule has 1 aliphatic rings. The zero-order chi connectivity index (χ0) is 21.3. The predicted octanol–water partition coefficient (Wildman–Crippen LogP) is 5.43. The minimum absolute atomic E-state index is 0.127. The zero-order valence-electron chi connectivity index (χ0n) is 18.2. The highest BCUT2D eigenvalue weighted by Crippen LogP contribution is 2.49. The van der Waals surface area contributed by atoms with Gasteiger partial charge in [0.05, 0.1) is 28.8 Å². The second-order valence-electron chi connectivity index (χ2n) is 9.13. The Kier molecular flexibility index (Phi) is 6.87. The molecule has 1 aromatic carbocycles. The van der Waals surface area contributed by atoms with Gasteiger partial charge in [0.25, 0.3) is 0 Å². The fourth-order valence-electron chi connectivity index (χ4n) is 3.25. The maximum atomic E-state index is 9.86. The van der Waals surface area contributed by atoms with Crippen molar-refractivity contribution in [2.24, 2.45) is 10.8 Å². The lowest BCUT2D eigenvalue weighted by Crippen LogP contribution is -2.63. The van der Waals surface area contributed by atoms with Crippen LogP contribution in [-0.4, -0.2) is 33.3 Å². The number of halogens is 1. The van der Waals surface area contributed by atoms with Crippen molar-refractivity contribution in [3.05, 3.63) is 40.0 Å². The van der Waals surface area contributed by atoms with Gasteiger partial charge in [-0.15, -0.1) is 0 Å². The average molecular weight is 438 g/mol. The molecule has 2 rings (SSSR count). The standard InChI is InChI=1S/C21H32ClN3OSSi/c1-19(2,3)21(14-26-28(7)8)24-17(20(4,5)13-23)18(25(21)6)27-16-11-9-10-15(22)12-16/h9-12,24,28H,14H2,1-8H3. The molecule has 7 heteroatoms. The molecule has 4 nitrogen and oxygen atoms in total. The van der Waals surface area contributed by atoms with Crippen LogP contribution >= 0.6 is 23.4 Å². The summed E-state index contributed by atoms with van der Waals surface area (Å²) in [5.41, 5.74) is -0.281. The number of nitrogens with zero attached hydrogens (tertiary/aromatic N) is 2. The van der Waals surface area contributed by atoms with E-state index in [2.05, 4.69) is 57.2 Å². The third-order valence-corrected chi connectivity index (χ3v) is 7.43. The molecule has 0 radical (unpaired) electrons. The van der Waals surface area contributed by atoms with Crippen LogP contribution in [0.15, 0.2) is 39.9 Å². The molecule has 0 saturated carbocycles. The van der Waals surface area contributed by atoms with Crippen LogP contribution < -0.4 is 5.32 Å². The Labute approximate surface area is 181 Å². The number of likely N-dealkylation sites (N-methyl/N-ethyl adjacent to an activating group) is 1. The van der Waals surface area contributed by atoms with E-state index >= 15 is 0 Å². The van der Waals surface area contributed by atoms with Gasteiger partial charge in [0.2, 0.25) is 0 Å². The molecule has 154 valence electrons. The largest absolute Gasteiger partial charge is 0.416 e. The molecule has 1 unspecified atom stereocenters. The third kappa shape index (κ3) is 4.54. The van der Waals surface area contributed by atoms with E-state index in [0.717, 1.165) is 15.6 Å². The first-order valence-corrected chi connectivity index (χ1v) is 13.5. The van der Waals surface area contributed by atoms with Crippen LogP contribution in [0.2, 0.25) is 18.1 Å². The number of benzene rings is 1. The van der Waals surface area contributed by atoms with Gasteiger partial charge < -0.3 is 14.6 Å². The first-order chi connectivity index (χ1) is 12.8. The van der Waals surface area contributed by atoms with Gasteiger partial charge in [-0.3, -0.25) is 0 Å². The van der Waals surface area contributed by atoms with Gasteiger partial charge in [0.15, 0.2) is 9.04 Å². The quantitative estimate of drug-likeness (QED) is 0.601. The Bertz CT molecular complexity index is 798.